The number of aliphatic hydroxyl groups excluding tert-OH is 1. The van der Waals surface area contributed by atoms with Crippen LogP contribution in [0.25, 0.3) is 5.76 Å². The number of ketones is 1. The van der Waals surface area contributed by atoms with Gasteiger partial charge in [-0.3, -0.25) is 9.59 Å². The van der Waals surface area contributed by atoms with Crippen molar-refractivity contribution in [3.8, 4) is 17.2 Å². The molecule has 1 N–H and O–H groups in total. The van der Waals surface area contributed by atoms with E-state index in [0.29, 0.717) is 48.1 Å². The number of hydrogen-bond donors (Lipinski definition) is 1. The van der Waals surface area contributed by atoms with Crippen LogP contribution in [0, 0.1) is 6.92 Å². The third-order valence-corrected chi connectivity index (χ3v) is 7.01. The molecule has 3 aromatic rings. The number of likely N-dealkylation sites (tertiary alicyclic amines) is 1. The molecule has 1 fully saturated rings. The molecule has 1 amide bonds. The van der Waals surface area contributed by atoms with Gasteiger partial charge in [0.1, 0.15) is 23.0 Å². The summed E-state index contributed by atoms with van der Waals surface area (Å²) in [5.41, 5.74) is 1.99. The topological polar surface area (TPSA) is 79.3 Å². The Balaban J connectivity index is 1.80. The number of ether oxygens (including phenoxy) is 2. The van der Waals surface area contributed by atoms with Crippen LogP contribution in [0.4, 0.5) is 0 Å². The molecule has 0 bridgehead atoms. The highest BCUT2D eigenvalue weighted by Crippen LogP contribution is 2.41. The Morgan fingerprint density at radius 2 is 1.62 bits per heavy atom. The van der Waals surface area contributed by atoms with Gasteiger partial charge in [-0.2, -0.15) is 0 Å². The molecule has 1 aliphatic heterocycles. The second-order valence-electron chi connectivity index (χ2n) is 9.42. The zero-order chi connectivity index (χ0) is 27.9. The SMILES string of the molecule is CCOc1ccc(/C(O)=C2\C(=O)C(=O)N(CCN(CC)CC)C2c2cccc(Oc3ccccc3)c2)c(C)c1. The predicted molar refractivity (Wildman–Crippen MR) is 152 cm³/mol. The Bertz CT molecular complexity index is 1350. The number of aliphatic hydroxyl groups is 1. The van der Waals surface area contributed by atoms with Crippen molar-refractivity contribution in [2.75, 3.05) is 32.8 Å². The summed E-state index contributed by atoms with van der Waals surface area (Å²) in [4.78, 5) is 30.6. The van der Waals surface area contributed by atoms with Crippen LogP contribution in [0.5, 0.6) is 17.2 Å². The maximum Gasteiger partial charge on any atom is 0.295 e. The van der Waals surface area contributed by atoms with Crippen LogP contribution in [0.2, 0.25) is 0 Å². The number of nitrogens with zero attached hydrogens (tertiary/aromatic N) is 2. The molecule has 1 unspecified atom stereocenters. The van der Waals surface area contributed by atoms with Crippen LogP contribution in [0.3, 0.4) is 0 Å². The zero-order valence-electron chi connectivity index (χ0n) is 23.0. The second-order valence-corrected chi connectivity index (χ2v) is 9.42. The van der Waals surface area contributed by atoms with Gasteiger partial charge in [-0.15, -0.1) is 0 Å². The molecule has 1 heterocycles. The van der Waals surface area contributed by atoms with E-state index in [2.05, 4.69) is 18.7 Å². The van der Waals surface area contributed by atoms with Crippen LogP contribution in [-0.2, 0) is 9.59 Å². The van der Waals surface area contributed by atoms with Gasteiger partial charge in [-0.1, -0.05) is 44.2 Å². The third-order valence-electron chi connectivity index (χ3n) is 7.01. The summed E-state index contributed by atoms with van der Waals surface area (Å²) in [5.74, 6) is 0.416. The van der Waals surface area contributed by atoms with E-state index in [1.807, 2.05) is 74.5 Å². The fourth-order valence-electron chi connectivity index (χ4n) is 4.92. The molecular formula is C32H36N2O5. The molecule has 1 aliphatic rings. The number of Topliss-reactive ketones (excluding diaryl/α,β-unsaturated/α-hetero) is 1. The summed E-state index contributed by atoms with van der Waals surface area (Å²) < 4.78 is 11.6. The predicted octanol–water partition coefficient (Wildman–Crippen LogP) is 5.95. The normalized spacial score (nSPS) is 16.6. The van der Waals surface area contributed by atoms with Crippen molar-refractivity contribution < 1.29 is 24.2 Å². The smallest absolute Gasteiger partial charge is 0.295 e. The molecule has 204 valence electrons. The average Bonchev–Trinajstić information content (AvgIpc) is 3.19. The van der Waals surface area contributed by atoms with Gasteiger partial charge in [0.25, 0.3) is 11.7 Å². The molecule has 0 saturated carbocycles. The van der Waals surface area contributed by atoms with Gasteiger partial charge in [-0.25, -0.2) is 0 Å². The summed E-state index contributed by atoms with van der Waals surface area (Å²) in [6.07, 6.45) is 0. The van der Waals surface area contributed by atoms with Crippen LogP contribution >= 0.6 is 0 Å². The van der Waals surface area contributed by atoms with Gasteiger partial charge >= 0.3 is 0 Å². The molecule has 39 heavy (non-hydrogen) atoms. The highest BCUT2D eigenvalue weighted by Gasteiger charge is 2.46. The Labute approximate surface area is 230 Å². The van der Waals surface area contributed by atoms with Crippen LogP contribution in [-0.4, -0.2) is 59.4 Å². The lowest BCUT2D eigenvalue weighted by Gasteiger charge is -2.28. The van der Waals surface area contributed by atoms with Crippen LogP contribution in [0.1, 0.15) is 43.5 Å². The molecule has 7 nitrogen and oxygen atoms in total. The molecule has 0 spiro atoms. The molecule has 4 rings (SSSR count). The van der Waals surface area contributed by atoms with E-state index in [-0.39, 0.29) is 11.3 Å². The van der Waals surface area contributed by atoms with Crippen molar-refractivity contribution in [3.05, 3.63) is 95.1 Å². The van der Waals surface area contributed by atoms with Gasteiger partial charge in [-0.05, 0) is 80.5 Å². The highest BCUT2D eigenvalue weighted by molar-refractivity contribution is 6.46. The lowest BCUT2D eigenvalue weighted by Crippen LogP contribution is -2.38. The van der Waals surface area contributed by atoms with Crippen LogP contribution < -0.4 is 9.47 Å². The summed E-state index contributed by atoms with van der Waals surface area (Å²) in [6, 6.07) is 21.3. The van der Waals surface area contributed by atoms with Crippen molar-refractivity contribution in [1.29, 1.82) is 0 Å². The Morgan fingerprint density at radius 1 is 0.897 bits per heavy atom. The molecule has 0 aromatic heterocycles. The number of aryl methyl sites for hydroxylation is 1. The summed E-state index contributed by atoms with van der Waals surface area (Å²) in [5, 5.41) is 11.5. The molecule has 3 aromatic carbocycles. The standard InChI is InChI=1S/C32H36N2O5/c1-5-33(6-2)18-19-34-29(23-12-11-15-26(21-23)39-24-13-9-8-10-14-24)28(31(36)32(34)37)30(35)27-17-16-25(38-7-3)20-22(27)4/h8-17,20-21,29,35H,5-7,18-19H2,1-4H3/b30-28+. The number of carbonyl (C=O) groups excluding carboxylic acids is 2. The number of carbonyl (C=O) groups is 2. The highest BCUT2D eigenvalue weighted by atomic mass is 16.5. The Kier molecular flexibility index (Phi) is 9.04. The Morgan fingerprint density at radius 3 is 2.28 bits per heavy atom. The largest absolute Gasteiger partial charge is 0.507 e. The minimum Gasteiger partial charge on any atom is -0.507 e. The first-order valence-corrected chi connectivity index (χ1v) is 13.4. The van der Waals surface area contributed by atoms with Crippen molar-refractivity contribution in [1.82, 2.24) is 9.80 Å². The maximum atomic E-state index is 13.5. The molecule has 1 saturated heterocycles. The van der Waals surface area contributed by atoms with Gasteiger partial charge in [0, 0.05) is 18.7 Å². The molecule has 1 atom stereocenters. The number of para-hydroxylation sites is 1. The van der Waals surface area contributed by atoms with E-state index in [1.54, 1.807) is 17.0 Å². The lowest BCUT2D eigenvalue weighted by atomic mass is 9.93. The monoisotopic (exact) mass is 528 g/mol. The lowest BCUT2D eigenvalue weighted by molar-refractivity contribution is -0.140. The minimum atomic E-state index is -0.758. The Hall–Kier alpha value is -4.10. The first kappa shape index (κ1) is 27.9. The first-order valence-electron chi connectivity index (χ1n) is 13.4. The number of benzene rings is 3. The molecule has 0 radical (unpaired) electrons. The molecule has 0 aliphatic carbocycles. The number of hydrogen-bond acceptors (Lipinski definition) is 6. The van der Waals surface area contributed by atoms with E-state index in [4.69, 9.17) is 9.47 Å². The summed E-state index contributed by atoms with van der Waals surface area (Å²) >= 11 is 0. The second kappa shape index (κ2) is 12.6. The minimum absolute atomic E-state index is 0.0728. The van der Waals surface area contributed by atoms with Gasteiger partial charge in [0.2, 0.25) is 0 Å². The summed E-state index contributed by atoms with van der Waals surface area (Å²) in [7, 11) is 0. The van der Waals surface area contributed by atoms with Crippen molar-refractivity contribution in [3.63, 3.8) is 0 Å². The number of rotatable bonds is 11. The number of amides is 1. The van der Waals surface area contributed by atoms with E-state index >= 15 is 0 Å². The van der Waals surface area contributed by atoms with Crippen molar-refractivity contribution >= 4 is 17.4 Å². The van der Waals surface area contributed by atoms with Gasteiger partial charge in [0.15, 0.2) is 0 Å². The fourth-order valence-corrected chi connectivity index (χ4v) is 4.92. The fraction of sp³-hybridized carbons (Fsp3) is 0.312. The quantitative estimate of drug-likeness (QED) is 0.188. The van der Waals surface area contributed by atoms with Crippen LogP contribution in [0.15, 0.2) is 78.4 Å². The molecular weight excluding hydrogens is 492 g/mol. The van der Waals surface area contributed by atoms with E-state index in [0.717, 1.165) is 18.7 Å². The van der Waals surface area contributed by atoms with Gasteiger partial charge in [0.05, 0.1) is 18.2 Å². The van der Waals surface area contributed by atoms with Gasteiger partial charge < -0.3 is 24.4 Å². The zero-order valence-corrected chi connectivity index (χ0v) is 23.0. The molecule has 7 heteroatoms. The van der Waals surface area contributed by atoms with Crippen molar-refractivity contribution in [2.45, 2.75) is 33.7 Å². The third kappa shape index (κ3) is 6.15. The van der Waals surface area contributed by atoms with E-state index in [9.17, 15) is 14.7 Å². The maximum absolute atomic E-state index is 13.5. The van der Waals surface area contributed by atoms with Crippen molar-refractivity contribution in [2.24, 2.45) is 0 Å². The number of likely N-dealkylation sites (N-methyl/N-ethyl adjacent to an activating group) is 1. The van der Waals surface area contributed by atoms with E-state index < -0.39 is 17.7 Å². The summed E-state index contributed by atoms with van der Waals surface area (Å²) in [6.45, 7) is 11.0. The average molecular weight is 529 g/mol. The van der Waals surface area contributed by atoms with E-state index in [1.165, 1.54) is 0 Å². The first-order chi connectivity index (χ1) is 18.9.